The molecule has 0 radical (unpaired) electrons. The highest BCUT2D eigenvalue weighted by molar-refractivity contribution is 6.05. The molecule has 25 heavy (non-hydrogen) atoms. The van der Waals surface area contributed by atoms with Crippen LogP contribution < -0.4 is 21.1 Å². The van der Waals surface area contributed by atoms with Gasteiger partial charge in [0.2, 0.25) is 5.91 Å². The van der Waals surface area contributed by atoms with E-state index in [2.05, 4.69) is 10.6 Å². The Labute approximate surface area is 147 Å². The summed E-state index contributed by atoms with van der Waals surface area (Å²) in [6, 6.07) is 12.5. The monoisotopic (exact) mass is 341 g/mol. The van der Waals surface area contributed by atoms with E-state index in [-0.39, 0.29) is 11.8 Å². The van der Waals surface area contributed by atoms with Crippen molar-refractivity contribution in [2.45, 2.75) is 19.8 Å². The first kappa shape index (κ1) is 18.5. The minimum atomic E-state index is -0.205. The van der Waals surface area contributed by atoms with Gasteiger partial charge in [-0.2, -0.15) is 0 Å². The summed E-state index contributed by atoms with van der Waals surface area (Å²) in [5.74, 6) is 0.171. The fourth-order valence-corrected chi connectivity index (χ4v) is 2.38. The smallest absolute Gasteiger partial charge is 0.255 e. The first-order chi connectivity index (χ1) is 12.0. The van der Waals surface area contributed by atoms with Crippen molar-refractivity contribution >= 4 is 23.2 Å². The topological polar surface area (TPSA) is 93.5 Å². The second kappa shape index (κ2) is 8.84. The summed E-state index contributed by atoms with van der Waals surface area (Å²) >= 11 is 0. The molecular weight excluding hydrogens is 318 g/mol. The average Bonchev–Trinajstić information content (AvgIpc) is 2.60. The van der Waals surface area contributed by atoms with E-state index >= 15 is 0 Å². The van der Waals surface area contributed by atoms with Crippen LogP contribution in [0.3, 0.4) is 0 Å². The Morgan fingerprint density at radius 2 is 1.88 bits per heavy atom. The van der Waals surface area contributed by atoms with Gasteiger partial charge in [0.05, 0.1) is 12.8 Å². The lowest BCUT2D eigenvalue weighted by molar-refractivity contribution is -0.116. The van der Waals surface area contributed by atoms with Gasteiger partial charge >= 0.3 is 0 Å². The molecule has 0 unspecified atom stereocenters. The van der Waals surface area contributed by atoms with Gasteiger partial charge in [-0.15, -0.1) is 0 Å². The van der Waals surface area contributed by atoms with Crippen molar-refractivity contribution in [1.82, 2.24) is 0 Å². The van der Waals surface area contributed by atoms with E-state index in [9.17, 15) is 9.59 Å². The number of anilines is 2. The molecule has 0 fully saturated rings. The van der Waals surface area contributed by atoms with E-state index in [0.29, 0.717) is 42.1 Å². The van der Waals surface area contributed by atoms with E-state index in [0.717, 1.165) is 5.56 Å². The molecular formula is C19H23N3O3. The summed E-state index contributed by atoms with van der Waals surface area (Å²) in [6.45, 7) is 2.34. The van der Waals surface area contributed by atoms with Crippen molar-refractivity contribution in [3.05, 3.63) is 53.6 Å². The lowest BCUT2D eigenvalue weighted by atomic mass is 10.1. The number of methoxy groups -OCH3 is 1. The van der Waals surface area contributed by atoms with Crippen LogP contribution in [-0.2, 0) is 4.79 Å². The number of nitrogens with one attached hydrogen (secondary N) is 2. The number of carbonyl (C=O) groups is 2. The lowest BCUT2D eigenvalue weighted by Crippen LogP contribution is -2.16. The fraction of sp³-hybridized carbons (Fsp3) is 0.263. The number of aryl methyl sites for hydroxylation is 1. The van der Waals surface area contributed by atoms with Crippen molar-refractivity contribution in [1.29, 1.82) is 0 Å². The van der Waals surface area contributed by atoms with Gasteiger partial charge in [-0.3, -0.25) is 9.59 Å². The number of amides is 2. The summed E-state index contributed by atoms with van der Waals surface area (Å²) in [5, 5.41) is 5.63. The highest BCUT2D eigenvalue weighted by Crippen LogP contribution is 2.28. The third-order valence-electron chi connectivity index (χ3n) is 3.73. The molecule has 0 bridgehead atoms. The molecule has 0 spiro atoms. The highest BCUT2D eigenvalue weighted by atomic mass is 16.5. The van der Waals surface area contributed by atoms with Gasteiger partial charge < -0.3 is 21.1 Å². The molecule has 0 saturated carbocycles. The zero-order valence-corrected chi connectivity index (χ0v) is 14.5. The maximum atomic E-state index is 12.4. The molecule has 2 amide bonds. The predicted molar refractivity (Wildman–Crippen MR) is 99.0 cm³/mol. The van der Waals surface area contributed by atoms with E-state index in [4.69, 9.17) is 10.5 Å². The second-order valence-corrected chi connectivity index (χ2v) is 5.62. The van der Waals surface area contributed by atoms with Crippen molar-refractivity contribution < 1.29 is 14.3 Å². The molecule has 0 aliphatic heterocycles. The van der Waals surface area contributed by atoms with Gasteiger partial charge in [0, 0.05) is 17.7 Å². The normalized spacial score (nSPS) is 10.2. The Morgan fingerprint density at radius 1 is 1.12 bits per heavy atom. The highest BCUT2D eigenvalue weighted by Gasteiger charge is 2.12. The van der Waals surface area contributed by atoms with Gasteiger partial charge in [-0.25, -0.2) is 0 Å². The van der Waals surface area contributed by atoms with E-state index in [1.165, 1.54) is 7.11 Å². The summed E-state index contributed by atoms with van der Waals surface area (Å²) in [7, 11) is 1.52. The van der Waals surface area contributed by atoms with Crippen LogP contribution in [0.25, 0.3) is 0 Å². The van der Waals surface area contributed by atoms with Gasteiger partial charge in [0.1, 0.15) is 5.75 Å². The molecule has 2 aromatic rings. The number of ether oxygens (including phenoxy) is 1. The summed E-state index contributed by atoms with van der Waals surface area (Å²) in [5.41, 5.74) is 8.00. The SMILES string of the molecule is COc1ccc(NC(=O)c2ccccc2C)cc1NC(=O)CCCN. The minimum absolute atomic E-state index is 0.147. The van der Waals surface area contributed by atoms with Gasteiger partial charge in [0.15, 0.2) is 0 Å². The third-order valence-corrected chi connectivity index (χ3v) is 3.73. The van der Waals surface area contributed by atoms with E-state index < -0.39 is 0 Å². The minimum Gasteiger partial charge on any atom is -0.495 e. The lowest BCUT2D eigenvalue weighted by Gasteiger charge is -2.13. The van der Waals surface area contributed by atoms with Crippen LogP contribution in [0.4, 0.5) is 11.4 Å². The summed E-state index contributed by atoms with van der Waals surface area (Å²) < 4.78 is 5.26. The van der Waals surface area contributed by atoms with Gasteiger partial charge in [-0.05, 0) is 49.7 Å². The van der Waals surface area contributed by atoms with Crippen LogP contribution in [0, 0.1) is 6.92 Å². The van der Waals surface area contributed by atoms with E-state index in [1.54, 1.807) is 24.3 Å². The van der Waals surface area contributed by atoms with Crippen LogP contribution in [0.2, 0.25) is 0 Å². The van der Waals surface area contributed by atoms with Crippen molar-refractivity contribution in [2.75, 3.05) is 24.3 Å². The molecule has 4 N–H and O–H groups in total. The number of carbonyl (C=O) groups excluding carboxylic acids is 2. The predicted octanol–water partition coefficient (Wildman–Crippen LogP) is 2.93. The fourth-order valence-electron chi connectivity index (χ4n) is 2.38. The van der Waals surface area contributed by atoms with Crippen LogP contribution in [-0.4, -0.2) is 25.5 Å². The maximum Gasteiger partial charge on any atom is 0.255 e. The Bertz CT molecular complexity index is 759. The Morgan fingerprint density at radius 3 is 2.56 bits per heavy atom. The summed E-state index contributed by atoms with van der Waals surface area (Å²) in [4.78, 5) is 24.4. The average molecular weight is 341 g/mol. The zero-order valence-electron chi connectivity index (χ0n) is 14.5. The number of hydrogen-bond acceptors (Lipinski definition) is 4. The number of rotatable bonds is 7. The summed E-state index contributed by atoms with van der Waals surface area (Å²) in [6.07, 6.45) is 0.942. The van der Waals surface area contributed by atoms with Crippen LogP contribution >= 0.6 is 0 Å². The molecule has 6 heteroatoms. The molecule has 2 aromatic carbocycles. The van der Waals surface area contributed by atoms with Crippen molar-refractivity contribution in [3.63, 3.8) is 0 Å². The molecule has 0 saturated heterocycles. The first-order valence-corrected chi connectivity index (χ1v) is 8.10. The molecule has 0 aromatic heterocycles. The van der Waals surface area contributed by atoms with E-state index in [1.807, 2.05) is 25.1 Å². The molecule has 132 valence electrons. The van der Waals surface area contributed by atoms with Crippen LogP contribution in [0.15, 0.2) is 42.5 Å². The Balaban J connectivity index is 2.16. The molecule has 0 aliphatic carbocycles. The molecule has 6 nitrogen and oxygen atoms in total. The van der Waals surface area contributed by atoms with Crippen molar-refractivity contribution in [3.8, 4) is 5.75 Å². The Kier molecular flexibility index (Phi) is 6.54. The Hall–Kier alpha value is -2.86. The van der Waals surface area contributed by atoms with Gasteiger partial charge in [-0.1, -0.05) is 18.2 Å². The second-order valence-electron chi connectivity index (χ2n) is 5.62. The number of benzene rings is 2. The van der Waals surface area contributed by atoms with Crippen molar-refractivity contribution in [2.24, 2.45) is 5.73 Å². The molecule has 0 heterocycles. The quantitative estimate of drug-likeness (QED) is 0.722. The van der Waals surface area contributed by atoms with Crippen LogP contribution in [0.1, 0.15) is 28.8 Å². The third kappa shape index (κ3) is 5.06. The standard InChI is InChI=1S/C19H23N3O3/c1-13-6-3-4-7-15(13)19(24)21-14-9-10-17(25-2)16(12-14)22-18(23)8-5-11-20/h3-4,6-7,9-10,12H,5,8,11,20H2,1-2H3,(H,21,24)(H,22,23). The largest absolute Gasteiger partial charge is 0.495 e. The molecule has 2 rings (SSSR count). The molecule has 0 atom stereocenters. The van der Waals surface area contributed by atoms with Crippen LogP contribution in [0.5, 0.6) is 5.75 Å². The number of nitrogens with two attached hydrogens (primary N) is 1. The maximum absolute atomic E-state index is 12.4. The molecule has 0 aliphatic rings. The van der Waals surface area contributed by atoms with Gasteiger partial charge in [0.25, 0.3) is 5.91 Å². The zero-order chi connectivity index (χ0) is 18.2. The first-order valence-electron chi connectivity index (χ1n) is 8.10. The number of hydrogen-bond donors (Lipinski definition) is 3.